The Morgan fingerprint density at radius 1 is 1.11 bits per heavy atom. The monoisotopic (exact) mass is 401 g/mol. The van der Waals surface area contributed by atoms with Gasteiger partial charge in [-0.3, -0.25) is 9.89 Å². The molecule has 3 aliphatic rings. The second-order valence-electron chi connectivity index (χ2n) is 8.38. The van der Waals surface area contributed by atoms with Gasteiger partial charge in [-0.25, -0.2) is 4.98 Å². The first-order valence-corrected chi connectivity index (χ1v) is 10.2. The Balaban J connectivity index is 0.00000192. The molecular formula is C21H28ClN5O. The second kappa shape index (κ2) is 7.84. The Labute approximate surface area is 171 Å². The van der Waals surface area contributed by atoms with Gasteiger partial charge in [0.05, 0.1) is 0 Å². The van der Waals surface area contributed by atoms with Gasteiger partial charge in [-0.05, 0) is 50.6 Å². The maximum Gasteiger partial charge on any atom is 0.226 e. The van der Waals surface area contributed by atoms with E-state index in [1.54, 1.807) is 0 Å². The number of rotatable bonds is 3. The number of benzene rings is 1. The molecule has 6 nitrogen and oxygen atoms in total. The number of likely N-dealkylation sites (tertiary alicyclic amines) is 1. The number of amides is 1. The van der Waals surface area contributed by atoms with Gasteiger partial charge in [0.25, 0.3) is 0 Å². The molecule has 2 N–H and O–H groups in total. The quantitative estimate of drug-likeness (QED) is 0.829. The van der Waals surface area contributed by atoms with Crippen LogP contribution in [0, 0.1) is 11.3 Å². The average Bonchev–Trinajstić information content (AvgIpc) is 3.19. The van der Waals surface area contributed by atoms with Crippen LogP contribution in [-0.4, -0.2) is 52.2 Å². The van der Waals surface area contributed by atoms with Crippen LogP contribution in [0.2, 0.25) is 0 Å². The number of aromatic amines is 1. The molecule has 5 rings (SSSR count). The fourth-order valence-corrected chi connectivity index (χ4v) is 4.94. The van der Waals surface area contributed by atoms with Gasteiger partial charge in [-0.1, -0.05) is 30.3 Å². The number of carbonyl (C=O) groups is 1. The van der Waals surface area contributed by atoms with Crippen molar-refractivity contribution in [2.24, 2.45) is 11.3 Å². The van der Waals surface area contributed by atoms with Gasteiger partial charge >= 0.3 is 0 Å². The SMILES string of the molecule is Cl.O=C(C1CC12CCNCC2)N1CCC(c2nc(-c3ccccc3)n[nH]2)CC1. The fraction of sp³-hybridized carbons (Fsp3) is 0.571. The van der Waals surface area contributed by atoms with Crippen LogP contribution in [-0.2, 0) is 4.79 Å². The molecule has 2 aliphatic heterocycles. The number of hydrogen-bond acceptors (Lipinski definition) is 4. The van der Waals surface area contributed by atoms with E-state index in [0.29, 0.717) is 17.2 Å². The summed E-state index contributed by atoms with van der Waals surface area (Å²) in [5, 5.41) is 10.9. The van der Waals surface area contributed by atoms with E-state index in [9.17, 15) is 4.79 Å². The number of nitrogens with one attached hydrogen (secondary N) is 2. The standard InChI is InChI=1S/C21H27N5O.ClH/c27-20(17-14-21(17)8-10-22-11-9-21)26-12-6-16(7-13-26)19-23-18(24-25-19)15-4-2-1-3-5-15;/h1-5,16-17,22H,6-14H2,(H,23,24,25);1H. The third-order valence-electron chi connectivity index (χ3n) is 6.82. The van der Waals surface area contributed by atoms with E-state index in [1.165, 1.54) is 12.8 Å². The Hall–Kier alpha value is -1.92. The predicted octanol–water partition coefficient (Wildman–Crippen LogP) is 2.99. The summed E-state index contributed by atoms with van der Waals surface area (Å²) in [6, 6.07) is 10.1. The van der Waals surface area contributed by atoms with Crippen LogP contribution in [0.25, 0.3) is 11.4 Å². The molecule has 150 valence electrons. The van der Waals surface area contributed by atoms with Gasteiger partial charge in [0, 0.05) is 30.5 Å². The molecule has 7 heteroatoms. The van der Waals surface area contributed by atoms with Crippen molar-refractivity contribution in [1.82, 2.24) is 25.4 Å². The molecular weight excluding hydrogens is 374 g/mol. The minimum Gasteiger partial charge on any atom is -0.342 e. The summed E-state index contributed by atoms with van der Waals surface area (Å²) in [7, 11) is 0. The van der Waals surface area contributed by atoms with Crippen molar-refractivity contribution < 1.29 is 4.79 Å². The second-order valence-corrected chi connectivity index (χ2v) is 8.38. The molecule has 1 aromatic heterocycles. The lowest BCUT2D eigenvalue weighted by molar-refractivity contribution is -0.134. The van der Waals surface area contributed by atoms with E-state index in [4.69, 9.17) is 4.98 Å². The third kappa shape index (κ3) is 3.55. The van der Waals surface area contributed by atoms with Crippen molar-refractivity contribution in [2.45, 2.75) is 38.0 Å². The van der Waals surface area contributed by atoms with Crippen LogP contribution in [0.3, 0.4) is 0 Å². The van der Waals surface area contributed by atoms with Crippen LogP contribution in [0.4, 0.5) is 0 Å². The minimum atomic E-state index is 0. The first-order valence-electron chi connectivity index (χ1n) is 10.2. The molecule has 1 atom stereocenters. The van der Waals surface area contributed by atoms with Gasteiger partial charge in [0.2, 0.25) is 5.91 Å². The van der Waals surface area contributed by atoms with Crippen molar-refractivity contribution in [3.8, 4) is 11.4 Å². The molecule has 1 unspecified atom stereocenters. The molecule has 3 fully saturated rings. The summed E-state index contributed by atoms with van der Waals surface area (Å²) in [6.07, 6.45) is 5.38. The topological polar surface area (TPSA) is 73.9 Å². The Kier molecular flexibility index (Phi) is 5.43. The van der Waals surface area contributed by atoms with E-state index in [0.717, 1.165) is 62.7 Å². The molecule has 3 heterocycles. The maximum absolute atomic E-state index is 12.9. The molecule has 2 aromatic rings. The molecule has 1 aliphatic carbocycles. The zero-order valence-electron chi connectivity index (χ0n) is 16.1. The lowest BCUT2D eigenvalue weighted by Crippen LogP contribution is -2.41. The first-order chi connectivity index (χ1) is 13.3. The normalized spacial score (nSPS) is 24.0. The predicted molar refractivity (Wildman–Crippen MR) is 110 cm³/mol. The highest BCUT2D eigenvalue weighted by Crippen LogP contribution is 2.59. The summed E-state index contributed by atoms with van der Waals surface area (Å²) in [6.45, 7) is 3.83. The van der Waals surface area contributed by atoms with E-state index in [-0.39, 0.29) is 18.3 Å². The van der Waals surface area contributed by atoms with E-state index in [1.807, 2.05) is 30.3 Å². The highest BCUT2D eigenvalue weighted by molar-refractivity contribution is 5.85. The minimum absolute atomic E-state index is 0. The van der Waals surface area contributed by atoms with Crippen LogP contribution in [0.1, 0.15) is 43.8 Å². The van der Waals surface area contributed by atoms with Crippen LogP contribution >= 0.6 is 12.4 Å². The number of nitrogens with zero attached hydrogens (tertiary/aromatic N) is 3. The fourth-order valence-electron chi connectivity index (χ4n) is 4.94. The number of piperidine rings is 2. The number of aromatic nitrogens is 3. The summed E-state index contributed by atoms with van der Waals surface area (Å²) < 4.78 is 0. The first kappa shape index (κ1) is 19.4. The van der Waals surface area contributed by atoms with Gasteiger partial charge in [-0.2, -0.15) is 5.10 Å². The Bertz CT molecular complexity index is 809. The number of halogens is 1. The summed E-state index contributed by atoms with van der Waals surface area (Å²) in [5.41, 5.74) is 1.36. The van der Waals surface area contributed by atoms with Crippen LogP contribution in [0.15, 0.2) is 30.3 Å². The zero-order chi connectivity index (χ0) is 18.3. The van der Waals surface area contributed by atoms with Gasteiger partial charge in [-0.15, -0.1) is 12.4 Å². The summed E-state index contributed by atoms with van der Waals surface area (Å²) in [5.74, 6) is 2.77. The van der Waals surface area contributed by atoms with E-state index < -0.39 is 0 Å². The van der Waals surface area contributed by atoms with Crippen molar-refractivity contribution >= 4 is 18.3 Å². The van der Waals surface area contributed by atoms with Gasteiger partial charge < -0.3 is 10.2 Å². The van der Waals surface area contributed by atoms with Gasteiger partial charge in [0.1, 0.15) is 5.82 Å². The third-order valence-corrected chi connectivity index (χ3v) is 6.82. The summed E-state index contributed by atoms with van der Waals surface area (Å²) >= 11 is 0. The summed E-state index contributed by atoms with van der Waals surface area (Å²) in [4.78, 5) is 19.8. The van der Waals surface area contributed by atoms with Gasteiger partial charge in [0.15, 0.2) is 5.82 Å². The largest absolute Gasteiger partial charge is 0.342 e. The molecule has 1 amide bonds. The maximum atomic E-state index is 12.9. The number of hydrogen-bond donors (Lipinski definition) is 2. The highest BCUT2D eigenvalue weighted by atomic mass is 35.5. The Morgan fingerprint density at radius 3 is 2.54 bits per heavy atom. The zero-order valence-corrected chi connectivity index (χ0v) is 16.9. The molecule has 0 radical (unpaired) electrons. The smallest absolute Gasteiger partial charge is 0.226 e. The van der Waals surface area contributed by atoms with E-state index in [2.05, 4.69) is 20.4 Å². The lowest BCUT2D eigenvalue weighted by Gasteiger charge is -2.32. The van der Waals surface area contributed by atoms with Crippen molar-refractivity contribution in [1.29, 1.82) is 0 Å². The number of H-pyrrole nitrogens is 1. The molecule has 28 heavy (non-hydrogen) atoms. The molecule has 1 saturated carbocycles. The van der Waals surface area contributed by atoms with Crippen LogP contribution in [0.5, 0.6) is 0 Å². The Morgan fingerprint density at radius 2 is 1.82 bits per heavy atom. The molecule has 2 saturated heterocycles. The van der Waals surface area contributed by atoms with Crippen LogP contribution < -0.4 is 5.32 Å². The molecule has 0 bridgehead atoms. The van der Waals surface area contributed by atoms with Crippen molar-refractivity contribution in [3.05, 3.63) is 36.2 Å². The van der Waals surface area contributed by atoms with Crippen molar-refractivity contribution in [2.75, 3.05) is 26.2 Å². The lowest BCUT2D eigenvalue weighted by atomic mass is 9.91. The molecule has 1 spiro atoms. The van der Waals surface area contributed by atoms with Crippen molar-refractivity contribution in [3.63, 3.8) is 0 Å². The number of carbonyl (C=O) groups excluding carboxylic acids is 1. The highest BCUT2D eigenvalue weighted by Gasteiger charge is 2.58. The molecule has 1 aromatic carbocycles. The average molecular weight is 402 g/mol. The van der Waals surface area contributed by atoms with E-state index >= 15 is 0 Å².